The number of carbonyl (C=O) groups excluding carboxylic acids is 1. The van der Waals surface area contributed by atoms with Crippen molar-refractivity contribution in [3.63, 3.8) is 0 Å². The van der Waals surface area contributed by atoms with Crippen molar-refractivity contribution in [2.24, 2.45) is 16.8 Å². The van der Waals surface area contributed by atoms with E-state index in [1.54, 1.807) is 11.8 Å². The van der Waals surface area contributed by atoms with Crippen LogP contribution in [-0.4, -0.2) is 38.4 Å². The van der Waals surface area contributed by atoms with E-state index in [1.165, 1.54) is 17.4 Å². The molecule has 118 valence electrons. The predicted octanol–water partition coefficient (Wildman–Crippen LogP) is 0.903. The fourth-order valence-corrected chi connectivity index (χ4v) is 4.96. The van der Waals surface area contributed by atoms with Gasteiger partial charge in [0, 0.05) is 24.0 Å². The van der Waals surface area contributed by atoms with Crippen molar-refractivity contribution in [1.82, 2.24) is 4.90 Å². The number of amides is 1. The van der Waals surface area contributed by atoms with Gasteiger partial charge in [0.15, 0.2) is 0 Å². The van der Waals surface area contributed by atoms with Gasteiger partial charge in [0.1, 0.15) is 0 Å². The Balaban J connectivity index is 2.32. The average Bonchev–Trinajstić information content (AvgIpc) is 2.79. The maximum Gasteiger partial charge on any atom is 0.264 e. The van der Waals surface area contributed by atoms with Crippen LogP contribution in [0.4, 0.5) is 0 Å². The van der Waals surface area contributed by atoms with E-state index in [-0.39, 0.29) is 16.8 Å². The number of sulfonamides is 1. The fourth-order valence-electron chi connectivity index (χ4n) is 2.86. The Morgan fingerprint density at radius 2 is 2.19 bits per heavy atom. The van der Waals surface area contributed by atoms with E-state index < -0.39 is 10.0 Å². The molecule has 6 nitrogen and oxygen atoms in total. The van der Waals surface area contributed by atoms with Crippen LogP contribution in [0.5, 0.6) is 0 Å². The normalized spacial score (nSPS) is 23.3. The number of nitrogens with zero attached hydrogens (tertiary/aromatic N) is 1. The van der Waals surface area contributed by atoms with Crippen LogP contribution in [0.3, 0.4) is 0 Å². The number of nitrogens with two attached hydrogens (primary N) is 2. The Labute approximate surface area is 129 Å². The quantitative estimate of drug-likeness (QED) is 0.858. The van der Waals surface area contributed by atoms with Gasteiger partial charge in [-0.3, -0.25) is 4.79 Å². The second kappa shape index (κ2) is 6.04. The topological polar surface area (TPSA) is 106 Å². The number of hydrogen-bond donors (Lipinski definition) is 2. The Bertz CT molecular complexity index is 639. The van der Waals surface area contributed by atoms with E-state index in [0.717, 1.165) is 12.8 Å². The van der Waals surface area contributed by atoms with Gasteiger partial charge in [-0.25, -0.2) is 13.6 Å². The molecule has 0 aliphatic carbocycles. The van der Waals surface area contributed by atoms with Crippen LogP contribution in [0, 0.1) is 12.8 Å². The van der Waals surface area contributed by atoms with Gasteiger partial charge in [-0.1, -0.05) is 6.92 Å². The summed E-state index contributed by atoms with van der Waals surface area (Å²) >= 11 is 1.17. The van der Waals surface area contributed by atoms with Crippen molar-refractivity contribution < 1.29 is 13.2 Å². The summed E-state index contributed by atoms with van der Waals surface area (Å²) in [5.41, 5.74) is 5.80. The third kappa shape index (κ3) is 3.28. The molecule has 1 aromatic heterocycles. The Morgan fingerprint density at radius 3 is 2.71 bits per heavy atom. The van der Waals surface area contributed by atoms with E-state index in [1.807, 2.05) is 0 Å². The Morgan fingerprint density at radius 1 is 1.52 bits per heavy atom. The second-order valence-electron chi connectivity index (χ2n) is 5.50. The minimum atomic E-state index is -3.79. The highest BCUT2D eigenvalue weighted by molar-refractivity contribution is 7.89. The summed E-state index contributed by atoms with van der Waals surface area (Å²) in [6.45, 7) is 4.82. The molecule has 1 aliphatic heterocycles. The lowest BCUT2D eigenvalue weighted by Crippen LogP contribution is -2.51. The molecule has 1 aromatic rings. The van der Waals surface area contributed by atoms with E-state index in [4.69, 9.17) is 10.9 Å². The van der Waals surface area contributed by atoms with Crippen LogP contribution in [-0.2, 0) is 10.0 Å². The van der Waals surface area contributed by atoms with Gasteiger partial charge in [-0.2, -0.15) is 0 Å². The number of piperidine rings is 1. The minimum absolute atomic E-state index is 0.00610. The molecule has 21 heavy (non-hydrogen) atoms. The molecule has 0 radical (unpaired) electrons. The minimum Gasteiger partial charge on any atom is -0.333 e. The first-order chi connectivity index (χ1) is 9.75. The van der Waals surface area contributed by atoms with Gasteiger partial charge in [-0.15, -0.1) is 11.3 Å². The highest BCUT2D eigenvalue weighted by atomic mass is 32.2. The fraction of sp³-hybridized carbons (Fsp3) is 0.615. The lowest BCUT2D eigenvalue weighted by Gasteiger charge is -2.39. The van der Waals surface area contributed by atoms with Gasteiger partial charge in [0.2, 0.25) is 10.0 Å². The lowest BCUT2D eigenvalue weighted by molar-refractivity contribution is 0.0537. The molecule has 0 spiro atoms. The summed E-state index contributed by atoms with van der Waals surface area (Å²) in [7, 11) is -3.79. The van der Waals surface area contributed by atoms with Crippen LogP contribution in [0.15, 0.2) is 11.0 Å². The van der Waals surface area contributed by atoms with Gasteiger partial charge < -0.3 is 10.6 Å². The van der Waals surface area contributed by atoms with E-state index in [0.29, 0.717) is 28.8 Å². The molecule has 1 aliphatic rings. The van der Waals surface area contributed by atoms with Crippen molar-refractivity contribution in [2.75, 3.05) is 13.1 Å². The van der Waals surface area contributed by atoms with E-state index in [2.05, 4.69) is 6.92 Å². The molecular weight excluding hydrogens is 310 g/mol. The number of thiophene rings is 1. The Hall–Kier alpha value is -0.960. The van der Waals surface area contributed by atoms with Gasteiger partial charge >= 0.3 is 0 Å². The number of primary sulfonamides is 1. The maximum atomic E-state index is 12.7. The summed E-state index contributed by atoms with van der Waals surface area (Å²) in [6.07, 6.45) is 1.99. The lowest BCUT2D eigenvalue weighted by atomic mass is 9.90. The average molecular weight is 331 g/mol. The third-order valence-corrected chi connectivity index (χ3v) is 6.21. The molecule has 2 atom stereocenters. The highest BCUT2D eigenvalue weighted by Gasteiger charge is 2.32. The van der Waals surface area contributed by atoms with Crippen LogP contribution in [0.2, 0.25) is 0 Å². The van der Waals surface area contributed by atoms with Crippen LogP contribution >= 0.6 is 11.3 Å². The van der Waals surface area contributed by atoms with Crippen molar-refractivity contribution in [3.05, 3.63) is 15.8 Å². The van der Waals surface area contributed by atoms with Crippen molar-refractivity contribution in [1.29, 1.82) is 0 Å². The zero-order valence-corrected chi connectivity index (χ0v) is 13.8. The summed E-state index contributed by atoms with van der Waals surface area (Å²) < 4.78 is 23.0. The van der Waals surface area contributed by atoms with Crippen molar-refractivity contribution >= 4 is 27.3 Å². The van der Waals surface area contributed by atoms with Crippen LogP contribution in [0.1, 0.15) is 34.3 Å². The zero-order chi connectivity index (χ0) is 15.8. The van der Waals surface area contributed by atoms with Crippen LogP contribution in [0.25, 0.3) is 0 Å². The molecular formula is C13H21N3O3S2. The molecule has 8 heteroatoms. The summed E-state index contributed by atoms with van der Waals surface area (Å²) in [5.74, 6) is 0.200. The largest absolute Gasteiger partial charge is 0.333 e. The number of carbonyl (C=O) groups is 1. The molecule has 1 saturated heterocycles. The summed E-state index contributed by atoms with van der Waals surface area (Å²) in [4.78, 5) is 15.4. The first-order valence-electron chi connectivity index (χ1n) is 6.90. The predicted molar refractivity (Wildman–Crippen MR) is 82.7 cm³/mol. The van der Waals surface area contributed by atoms with Crippen molar-refractivity contribution in [3.8, 4) is 0 Å². The number of hydrogen-bond acceptors (Lipinski definition) is 5. The smallest absolute Gasteiger partial charge is 0.264 e. The van der Waals surface area contributed by atoms with Gasteiger partial charge in [0.05, 0.1) is 9.77 Å². The van der Waals surface area contributed by atoms with Gasteiger partial charge in [0.25, 0.3) is 5.91 Å². The highest BCUT2D eigenvalue weighted by Crippen LogP contribution is 2.29. The SMILES string of the molecule is Cc1sc(C(=O)N2CCC[C@H](C)[C@@H]2CN)cc1S(N)(=O)=O. The molecule has 0 saturated carbocycles. The van der Waals surface area contributed by atoms with E-state index >= 15 is 0 Å². The monoisotopic (exact) mass is 331 g/mol. The molecule has 1 fully saturated rings. The molecule has 4 N–H and O–H groups in total. The van der Waals surface area contributed by atoms with Crippen molar-refractivity contribution in [2.45, 2.75) is 37.6 Å². The Kier molecular flexibility index (Phi) is 4.72. The maximum absolute atomic E-state index is 12.7. The molecule has 2 heterocycles. The molecule has 0 bridgehead atoms. The zero-order valence-electron chi connectivity index (χ0n) is 12.2. The second-order valence-corrected chi connectivity index (χ2v) is 8.28. The number of rotatable bonds is 3. The first-order valence-corrected chi connectivity index (χ1v) is 9.26. The summed E-state index contributed by atoms with van der Waals surface area (Å²) in [6, 6.07) is 1.39. The number of likely N-dealkylation sites (tertiary alicyclic amines) is 1. The third-order valence-electron chi connectivity index (χ3n) is 4.01. The first kappa shape index (κ1) is 16.4. The molecule has 0 unspecified atom stereocenters. The van der Waals surface area contributed by atoms with E-state index in [9.17, 15) is 13.2 Å². The standard InChI is InChI=1S/C13H21N3O3S2/c1-8-4-3-5-16(10(8)7-14)13(17)11-6-12(9(2)20-11)21(15,18)19/h6,8,10H,3-5,7,14H2,1-2H3,(H2,15,18,19)/t8-,10-/m0/s1. The molecule has 0 aromatic carbocycles. The number of aryl methyl sites for hydroxylation is 1. The van der Waals surface area contributed by atoms with Gasteiger partial charge in [-0.05, 0) is 31.7 Å². The molecule has 1 amide bonds. The molecule has 2 rings (SSSR count). The summed E-state index contributed by atoms with van der Waals surface area (Å²) in [5, 5.41) is 5.16. The van der Waals surface area contributed by atoms with Crippen LogP contribution < -0.4 is 10.9 Å².